The van der Waals surface area contributed by atoms with Gasteiger partial charge >= 0.3 is 5.97 Å². The van der Waals surface area contributed by atoms with Gasteiger partial charge in [-0.3, -0.25) is 9.59 Å². The normalized spacial score (nSPS) is 43.9. The number of piperidine rings is 1. The SMILES string of the molecule is COc1ccccc1C1(C(=O)O)CC[C@H]2[C@@H]3CCC4NC(=O)CC[C@]4(C)[C@@H]3CC[C@@]21C. The van der Waals surface area contributed by atoms with Gasteiger partial charge in [0.2, 0.25) is 5.91 Å². The highest BCUT2D eigenvalue weighted by atomic mass is 16.5. The van der Waals surface area contributed by atoms with Crippen LogP contribution in [0.1, 0.15) is 70.8 Å². The molecule has 5 heteroatoms. The van der Waals surface area contributed by atoms with E-state index in [0.29, 0.717) is 36.3 Å². The molecular weight excluding hydrogens is 390 g/mol. The van der Waals surface area contributed by atoms with E-state index in [9.17, 15) is 14.7 Å². The van der Waals surface area contributed by atoms with Gasteiger partial charge in [0.05, 0.1) is 7.11 Å². The molecule has 0 radical (unpaired) electrons. The van der Waals surface area contributed by atoms with Crippen LogP contribution >= 0.6 is 0 Å². The van der Waals surface area contributed by atoms with Crippen molar-refractivity contribution in [2.24, 2.45) is 28.6 Å². The number of carbonyl (C=O) groups excluding carboxylic acids is 1. The summed E-state index contributed by atoms with van der Waals surface area (Å²) in [5, 5.41) is 14.0. The fourth-order valence-electron chi connectivity index (χ4n) is 8.65. The Morgan fingerprint density at radius 1 is 1.06 bits per heavy atom. The van der Waals surface area contributed by atoms with Gasteiger partial charge in [-0.25, -0.2) is 0 Å². The topological polar surface area (TPSA) is 75.6 Å². The molecule has 31 heavy (non-hydrogen) atoms. The van der Waals surface area contributed by atoms with Crippen LogP contribution in [0.5, 0.6) is 5.75 Å². The highest BCUT2D eigenvalue weighted by molar-refractivity contribution is 5.84. The first-order valence-corrected chi connectivity index (χ1v) is 11.9. The first-order chi connectivity index (χ1) is 14.8. The van der Waals surface area contributed by atoms with Crippen molar-refractivity contribution in [1.29, 1.82) is 0 Å². The molecule has 1 aromatic rings. The number of hydrogen-bond acceptors (Lipinski definition) is 3. The molecule has 3 aliphatic carbocycles. The summed E-state index contributed by atoms with van der Waals surface area (Å²) < 4.78 is 5.66. The molecule has 5 rings (SSSR count). The van der Waals surface area contributed by atoms with E-state index in [2.05, 4.69) is 19.2 Å². The number of ether oxygens (including phenoxy) is 1. The molecule has 3 saturated carbocycles. The summed E-state index contributed by atoms with van der Waals surface area (Å²) in [6.45, 7) is 4.63. The minimum absolute atomic E-state index is 0.136. The van der Waals surface area contributed by atoms with Crippen LogP contribution in [-0.4, -0.2) is 30.1 Å². The molecule has 1 aliphatic heterocycles. The van der Waals surface area contributed by atoms with Crippen molar-refractivity contribution in [1.82, 2.24) is 5.32 Å². The predicted molar refractivity (Wildman–Crippen MR) is 118 cm³/mol. The quantitative estimate of drug-likeness (QED) is 0.746. The number of aliphatic carboxylic acids is 1. The lowest BCUT2D eigenvalue weighted by Gasteiger charge is -2.61. The largest absolute Gasteiger partial charge is 0.496 e. The van der Waals surface area contributed by atoms with E-state index in [-0.39, 0.29) is 22.8 Å². The average Bonchev–Trinajstić information content (AvgIpc) is 3.08. The Hall–Kier alpha value is -2.04. The van der Waals surface area contributed by atoms with Gasteiger partial charge in [-0.1, -0.05) is 32.0 Å². The summed E-state index contributed by atoms with van der Waals surface area (Å²) in [5.74, 6) is 1.68. The molecule has 168 valence electrons. The first-order valence-electron chi connectivity index (χ1n) is 11.9. The number of hydrogen-bond donors (Lipinski definition) is 2. The van der Waals surface area contributed by atoms with Crippen LogP contribution in [-0.2, 0) is 15.0 Å². The summed E-state index contributed by atoms with van der Waals surface area (Å²) in [6.07, 6.45) is 7.28. The minimum Gasteiger partial charge on any atom is -0.496 e. The van der Waals surface area contributed by atoms with Crippen LogP contribution < -0.4 is 10.1 Å². The molecule has 2 N–H and O–H groups in total. The maximum atomic E-state index is 13.0. The summed E-state index contributed by atoms with van der Waals surface area (Å²) in [5.41, 5.74) is -0.223. The highest BCUT2D eigenvalue weighted by Gasteiger charge is 2.68. The maximum absolute atomic E-state index is 13.0. The van der Waals surface area contributed by atoms with E-state index in [1.54, 1.807) is 7.11 Å². The molecule has 0 bridgehead atoms. The molecule has 5 nitrogen and oxygen atoms in total. The molecule has 1 heterocycles. The van der Waals surface area contributed by atoms with Gasteiger partial charge in [0, 0.05) is 18.0 Å². The minimum atomic E-state index is -0.909. The molecule has 0 spiro atoms. The summed E-state index contributed by atoms with van der Waals surface area (Å²) in [7, 11) is 1.64. The van der Waals surface area contributed by atoms with Gasteiger partial charge in [0.15, 0.2) is 0 Å². The van der Waals surface area contributed by atoms with Crippen LogP contribution in [0.3, 0.4) is 0 Å². The van der Waals surface area contributed by atoms with Gasteiger partial charge in [-0.15, -0.1) is 0 Å². The zero-order valence-corrected chi connectivity index (χ0v) is 18.9. The maximum Gasteiger partial charge on any atom is 0.314 e. The van der Waals surface area contributed by atoms with Crippen molar-refractivity contribution in [2.75, 3.05) is 7.11 Å². The Morgan fingerprint density at radius 3 is 2.55 bits per heavy atom. The molecule has 2 unspecified atom stereocenters. The number of methoxy groups -OCH3 is 1. The Labute approximate surface area is 184 Å². The first kappa shape index (κ1) is 20.8. The molecule has 4 aliphatic rings. The molecule has 1 aromatic carbocycles. The van der Waals surface area contributed by atoms with Crippen LogP contribution in [0.4, 0.5) is 0 Å². The van der Waals surface area contributed by atoms with Crippen molar-refractivity contribution >= 4 is 11.9 Å². The molecule has 1 saturated heterocycles. The van der Waals surface area contributed by atoms with Crippen molar-refractivity contribution in [2.45, 2.75) is 76.7 Å². The summed E-state index contributed by atoms with van der Waals surface area (Å²) in [6, 6.07) is 8.02. The smallest absolute Gasteiger partial charge is 0.314 e. The Kier molecular flexibility index (Phi) is 4.69. The number of carboxylic acid groups (broad SMARTS) is 1. The van der Waals surface area contributed by atoms with Gasteiger partial charge < -0.3 is 15.2 Å². The van der Waals surface area contributed by atoms with Crippen LogP contribution in [0.25, 0.3) is 0 Å². The average molecular weight is 426 g/mol. The predicted octanol–water partition coefficient (Wildman–Crippen LogP) is 4.54. The Bertz CT molecular complexity index is 914. The third-order valence-electron chi connectivity index (χ3n) is 10.2. The third kappa shape index (κ3) is 2.61. The Balaban J connectivity index is 1.55. The van der Waals surface area contributed by atoms with Crippen molar-refractivity contribution < 1.29 is 19.4 Å². The second kappa shape index (κ2) is 6.98. The lowest BCUT2D eigenvalue weighted by atomic mass is 9.44. The van der Waals surface area contributed by atoms with E-state index < -0.39 is 11.4 Å². The molecular formula is C26H35NO4. The lowest BCUT2D eigenvalue weighted by Crippen LogP contribution is -2.62. The van der Waals surface area contributed by atoms with E-state index in [1.807, 2.05) is 24.3 Å². The van der Waals surface area contributed by atoms with Gasteiger partial charge in [-0.2, -0.15) is 0 Å². The van der Waals surface area contributed by atoms with Crippen molar-refractivity contribution in [3.63, 3.8) is 0 Å². The van der Waals surface area contributed by atoms with E-state index in [1.165, 1.54) is 0 Å². The van der Waals surface area contributed by atoms with Crippen LogP contribution in [0, 0.1) is 28.6 Å². The molecule has 4 fully saturated rings. The summed E-state index contributed by atoms with van der Waals surface area (Å²) >= 11 is 0. The molecule has 7 atom stereocenters. The van der Waals surface area contributed by atoms with Gasteiger partial charge in [0.25, 0.3) is 0 Å². The summed E-state index contributed by atoms with van der Waals surface area (Å²) in [4.78, 5) is 25.1. The highest BCUT2D eigenvalue weighted by Crippen LogP contribution is 2.70. The number of amides is 1. The molecule has 0 aromatic heterocycles. The second-order valence-electron chi connectivity index (χ2n) is 11.0. The van der Waals surface area contributed by atoms with Crippen LogP contribution in [0.2, 0.25) is 0 Å². The fraction of sp³-hybridized carbons (Fsp3) is 0.692. The number of nitrogens with one attached hydrogen (secondary N) is 1. The van der Waals surface area contributed by atoms with Gasteiger partial charge in [0.1, 0.15) is 11.2 Å². The standard InChI is InChI=1S/C26H35NO4/c1-24-13-12-22(28)27-21(24)9-8-16-17(24)10-14-25(2)18(16)11-15-26(25,23(29)30)19-6-4-5-7-20(19)31-3/h4-7,16-18,21H,8-15H2,1-3H3,(H,27,28)(H,29,30)/t16-,17-,18+,21?,24-,25+,26?/m1/s1. The number of carboxylic acids is 1. The lowest BCUT2D eigenvalue weighted by molar-refractivity contribution is -0.157. The zero-order chi connectivity index (χ0) is 22.0. The van der Waals surface area contributed by atoms with E-state index in [0.717, 1.165) is 44.1 Å². The zero-order valence-electron chi connectivity index (χ0n) is 18.9. The number of benzene rings is 1. The van der Waals surface area contributed by atoms with Crippen molar-refractivity contribution in [3.05, 3.63) is 29.8 Å². The Morgan fingerprint density at radius 2 is 1.81 bits per heavy atom. The monoisotopic (exact) mass is 425 g/mol. The fourth-order valence-corrected chi connectivity index (χ4v) is 8.65. The number of carbonyl (C=O) groups is 2. The molecule has 1 amide bonds. The third-order valence-corrected chi connectivity index (χ3v) is 10.2. The number of para-hydroxylation sites is 1. The van der Waals surface area contributed by atoms with E-state index in [4.69, 9.17) is 4.74 Å². The second-order valence-corrected chi connectivity index (χ2v) is 11.0. The van der Waals surface area contributed by atoms with Gasteiger partial charge in [-0.05, 0) is 79.6 Å². The van der Waals surface area contributed by atoms with Crippen LogP contribution in [0.15, 0.2) is 24.3 Å². The number of fused-ring (bicyclic) bond motifs is 5. The van der Waals surface area contributed by atoms with Crippen molar-refractivity contribution in [3.8, 4) is 5.75 Å². The van der Waals surface area contributed by atoms with E-state index >= 15 is 0 Å². The number of rotatable bonds is 3.